The summed E-state index contributed by atoms with van der Waals surface area (Å²) in [6.07, 6.45) is 4.45. The highest BCUT2D eigenvalue weighted by Gasteiger charge is 2.26. The van der Waals surface area contributed by atoms with E-state index in [0.29, 0.717) is 23.8 Å². The van der Waals surface area contributed by atoms with Crippen molar-refractivity contribution in [1.29, 1.82) is 0 Å². The fourth-order valence-corrected chi connectivity index (χ4v) is 5.27. The van der Waals surface area contributed by atoms with Gasteiger partial charge in [0, 0.05) is 30.0 Å². The van der Waals surface area contributed by atoms with Gasteiger partial charge in [-0.05, 0) is 61.7 Å². The van der Waals surface area contributed by atoms with Crippen LogP contribution in [0.3, 0.4) is 0 Å². The van der Waals surface area contributed by atoms with Crippen LogP contribution in [0.25, 0.3) is 5.69 Å². The van der Waals surface area contributed by atoms with Gasteiger partial charge in [-0.3, -0.25) is 4.79 Å². The number of benzene rings is 2. The molecule has 0 aliphatic carbocycles. The standard InChI is InChI=1S/C22H23ClN4O3S/c1-16-8-9-19(31(29,30)26-11-3-2-4-12-26)15-21(16)24-22(28)20-10-13-27(25-20)18-7-5-6-17(23)14-18/h5-10,13-15H,2-4,11-12H2,1H3,(H,24,28). The molecular formula is C22H23ClN4O3S. The molecule has 2 aromatic carbocycles. The van der Waals surface area contributed by atoms with Gasteiger partial charge >= 0.3 is 0 Å². The summed E-state index contributed by atoms with van der Waals surface area (Å²) < 4.78 is 29.0. The van der Waals surface area contributed by atoms with E-state index < -0.39 is 15.9 Å². The van der Waals surface area contributed by atoms with Gasteiger partial charge in [-0.25, -0.2) is 13.1 Å². The first-order valence-electron chi connectivity index (χ1n) is 10.1. The second-order valence-electron chi connectivity index (χ2n) is 7.52. The van der Waals surface area contributed by atoms with Gasteiger partial charge in [-0.15, -0.1) is 0 Å². The van der Waals surface area contributed by atoms with Crippen molar-refractivity contribution in [3.8, 4) is 5.69 Å². The molecule has 1 amide bonds. The Labute approximate surface area is 186 Å². The van der Waals surface area contributed by atoms with Crippen LogP contribution < -0.4 is 5.32 Å². The number of amides is 1. The SMILES string of the molecule is Cc1ccc(S(=O)(=O)N2CCCCC2)cc1NC(=O)c1ccn(-c2cccc(Cl)c2)n1. The van der Waals surface area contributed by atoms with Crippen molar-refractivity contribution in [1.82, 2.24) is 14.1 Å². The van der Waals surface area contributed by atoms with Crippen molar-refractivity contribution in [3.63, 3.8) is 0 Å². The van der Waals surface area contributed by atoms with E-state index in [9.17, 15) is 13.2 Å². The number of aryl methyl sites for hydroxylation is 1. The summed E-state index contributed by atoms with van der Waals surface area (Å²) in [6.45, 7) is 2.87. The Bertz CT molecular complexity index is 1220. The summed E-state index contributed by atoms with van der Waals surface area (Å²) in [4.78, 5) is 12.9. The molecule has 0 atom stereocenters. The van der Waals surface area contributed by atoms with Gasteiger partial charge in [0.15, 0.2) is 5.69 Å². The van der Waals surface area contributed by atoms with Crippen LogP contribution in [0.1, 0.15) is 35.3 Å². The van der Waals surface area contributed by atoms with Crippen LogP contribution in [-0.4, -0.2) is 41.5 Å². The Morgan fingerprint density at radius 2 is 1.84 bits per heavy atom. The van der Waals surface area contributed by atoms with E-state index in [-0.39, 0.29) is 10.6 Å². The molecule has 1 aromatic heterocycles. The van der Waals surface area contributed by atoms with Crippen molar-refractivity contribution in [3.05, 3.63) is 71.0 Å². The molecule has 1 N–H and O–H groups in total. The smallest absolute Gasteiger partial charge is 0.276 e. The third-order valence-corrected chi connectivity index (χ3v) is 7.43. The lowest BCUT2D eigenvalue weighted by Gasteiger charge is -2.26. The van der Waals surface area contributed by atoms with Crippen LogP contribution in [0.4, 0.5) is 5.69 Å². The fourth-order valence-electron chi connectivity index (χ4n) is 3.54. The molecule has 2 heterocycles. The van der Waals surface area contributed by atoms with Crippen LogP contribution in [-0.2, 0) is 10.0 Å². The first-order chi connectivity index (χ1) is 14.8. The van der Waals surface area contributed by atoms with Crippen LogP contribution in [0.15, 0.2) is 59.6 Å². The van der Waals surface area contributed by atoms with E-state index in [1.54, 1.807) is 47.3 Å². The molecule has 1 saturated heterocycles. The van der Waals surface area contributed by atoms with Gasteiger partial charge in [0.05, 0.1) is 10.6 Å². The maximum Gasteiger partial charge on any atom is 0.276 e. The van der Waals surface area contributed by atoms with E-state index in [2.05, 4.69) is 10.4 Å². The minimum atomic E-state index is -3.59. The molecule has 0 unspecified atom stereocenters. The average molecular weight is 459 g/mol. The van der Waals surface area contributed by atoms with E-state index >= 15 is 0 Å². The van der Waals surface area contributed by atoms with Crippen LogP contribution in [0.2, 0.25) is 5.02 Å². The number of aromatic nitrogens is 2. The molecule has 4 rings (SSSR count). The number of hydrogen-bond acceptors (Lipinski definition) is 4. The molecule has 7 nitrogen and oxygen atoms in total. The summed E-state index contributed by atoms with van der Waals surface area (Å²) in [5, 5.41) is 7.68. The zero-order valence-corrected chi connectivity index (χ0v) is 18.7. The van der Waals surface area contributed by atoms with Crippen molar-refractivity contribution < 1.29 is 13.2 Å². The maximum absolute atomic E-state index is 13.0. The number of carbonyl (C=O) groups excluding carboxylic acids is 1. The second-order valence-corrected chi connectivity index (χ2v) is 9.90. The topological polar surface area (TPSA) is 84.3 Å². The Balaban J connectivity index is 1.55. The Morgan fingerprint density at radius 1 is 1.06 bits per heavy atom. The molecular weight excluding hydrogens is 436 g/mol. The maximum atomic E-state index is 13.0. The minimum absolute atomic E-state index is 0.180. The Kier molecular flexibility index (Phi) is 6.13. The molecule has 0 saturated carbocycles. The largest absolute Gasteiger partial charge is 0.320 e. The van der Waals surface area contributed by atoms with Gasteiger partial charge in [-0.1, -0.05) is 30.2 Å². The van der Waals surface area contributed by atoms with E-state index in [4.69, 9.17) is 11.6 Å². The summed E-state index contributed by atoms with van der Waals surface area (Å²) in [5.74, 6) is -0.420. The number of anilines is 1. The monoisotopic (exact) mass is 458 g/mol. The normalized spacial score (nSPS) is 15.0. The lowest BCUT2D eigenvalue weighted by atomic mass is 10.2. The zero-order chi connectivity index (χ0) is 22.0. The quantitative estimate of drug-likeness (QED) is 0.619. The van der Waals surface area contributed by atoms with Crippen LogP contribution >= 0.6 is 11.6 Å². The fraction of sp³-hybridized carbons (Fsp3) is 0.273. The van der Waals surface area contributed by atoms with E-state index in [1.165, 1.54) is 10.4 Å². The van der Waals surface area contributed by atoms with Crippen LogP contribution in [0, 0.1) is 6.92 Å². The molecule has 0 bridgehead atoms. The number of piperidine rings is 1. The lowest BCUT2D eigenvalue weighted by Crippen LogP contribution is -2.35. The predicted molar refractivity (Wildman–Crippen MR) is 120 cm³/mol. The highest BCUT2D eigenvalue weighted by molar-refractivity contribution is 7.89. The van der Waals surface area contributed by atoms with Gasteiger partial charge in [0.1, 0.15) is 0 Å². The summed E-state index contributed by atoms with van der Waals surface area (Å²) in [7, 11) is -3.59. The molecule has 1 aliphatic rings. The molecule has 1 aliphatic heterocycles. The molecule has 0 radical (unpaired) electrons. The van der Waals surface area contributed by atoms with Crippen LogP contribution in [0.5, 0.6) is 0 Å². The van der Waals surface area contributed by atoms with Gasteiger partial charge < -0.3 is 5.32 Å². The first kappa shape index (κ1) is 21.5. The summed E-state index contributed by atoms with van der Waals surface area (Å²) in [5.41, 5.74) is 2.15. The van der Waals surface area contributed by atoms with Gasteiger partial charge in [0.2, 0.25) is 10.0 Å². The molecule has 31 heavy (non-hydrogen) atoms. The minimum Gasteiger partial charge on any atom is -0.320 e. The number of halogens is 1. The number of carbonyl (C=O) groups is 1. The predicted octanol–water partition coefficient (Wildman–Crippen LogP) is 4.26. The number of sulfonamides is 1. The number of nitrogens with zero attached hydrogens (tertiary/aromatic N) is 3. The van der Waals surface area contributed by atoms with Gasteiger partial charge in [0.25, 0.3) is 5.91 Å². The third kappa shape index (κ3) is 4.66. The Hall–Kier alpha value is -2.68. The zero-order valence-electron chi connectivity index (χ0n) is 17.1. The second kappa shape index (κ2) is 8.82. The van der Waals surface area contributed by atoms with E-state index in [1.807, 2.05) is 13.0 Å². The average Bonchev–Trinajstić information content (AvgIpc) is 3.26. The third-order valence-electron chi connectivity index (χ3n) is 5.30. The highest BCUT2D eigenvalue weighted by atomic mass is 35.5. The van der Waals surface area contributed by atoms with Crippen molar-refractivity contribution in [2.24, 2.45) is 0 Å². The van der Waals surface area contributed by atoms with Crippen molar-refractivity contribution >= 4 is 33.2 Å². The number of nitrogens with one attached hydrogen (secondary N) is 1. The van der Waals surface area contributed by atoms with Crippen molar-refractivity contribution in [2.45, 2.75) is 31.1 Å². The molecule has 1 fully saturated rings. The molecule has 162 valence electrons. The summed E-state index contributed by atoms with van der Waals surface area (Å²) >= 11 is 6.02. The molecule has 0 spiro atoms. The van der Waals surface area contributed by atoms with Gasteiger partial charge in [-0.2, -0.15) is 9.40 Å². The summed E-state index contributed by atoms with van der Waals surface area (Å²) in [6, 6.07) is 13.5. The highest BCUT2D eigenvalue weighted by Crippen LogP contribution is 2.25. The first-order valence-corrected chi connectivity index (χ1v) is 11.9. The van der Waals surface area contributed by atoms with Crippen molar-refractivity contribution in [2.75, 3.05) is 18.4 Å². The number of hydrogen-bond donors (Lipinski definition) is 1. The number of rotatable bonds is 5. The lowest BCUT2D eigenvalue weighted by molar-refractivity contribution is 0.102. The van der Waals surface area contributed by atoms with E-state index in [0.717, 1.165) is 30.5 Å². The molecule has 3 aromatic rings. The Morgan fingerprint density at radius 3 is 2.58 bits per heavy atom. The molecule has 9 heteroatoms.